The first-order chi connectivity index (χ1) is 15.1. The van der Waals surface area contributed by atoms with Gasteiger partial charge in [0, 0.05) is 5.41 Å². The molecule has 1 aromatic rings. The molecule has 12 nitrogen and oxygen atoms in total. The van der Waals surface area contributed by atoms with Crippen molar-refractivity contribution >= 4 is 31.2 Å². The first-order valence-corrected chi connectivity index (χ1v) is 14.3. The minimum Gasteiger partial charge on any atom is -0.362 e. The summed E-state index contributed by atoms with van der Waals surface area (Å²) < 4.78 is 109. The first kappa shape index (κ1) is 24.8. The SMILES string of the molecule is C[C@]12CC[C@@H]3c4ccc(OS(=O)(=O)O)cc4CC[C@H]3[C@@H]1C[C@@H](OS(=O)(=O)O)[C@@H]2OS(=O)(=O)O. The van der Waals surface area contributed by atoms with Crippen LogP contribution in [0.25, 0.3) is 0 Å². The van der Waals surface area contributed by atoms with E-state index in [0.29, 0.717) is 25.7 Å². The molecule has 15 heteroatoms. The van der Waals surface area contributed by atoms with E-state index in [1.165, 1.54) is 6.07 Å². The quantitative estimate of drug-likeness (QED) is 0.454. The highest BCUT2D eigenvalue weighted by molar-refractivity contribution is 7.81. The van der Waals surface area contributed by atoms with Crippen molar-refractivity contribution in [3.8, 4) is 5.75 Å². The Morgan fingerprint density at radius 2 is 1.61 bits per heavy atom. The summed E-state index contributed by atoms with van der Waals surface area (Å²) in [4.78, 5) is 0. The lowest BCUT2D eigenvalue weighted by atomic mass is 9.55. The van der Waals surface area contributed by atoms with Crippen molar-refractivity contribution in [2.45, 2.75) is 57.2 Å². The minimum absolute atomic E-state index is 0.00733. The summed E-state index contributed by atoms with van der Waals surface area (Å²) in [7, 11) is -14.5. The monoisotopic (exact) mass is 528 g/mol. The molecule has 1 aromatic carbocycles. The molecule has 0 unspecified atom stereocenters. The molecule has 0 aromatic heterocycles. The van der Waals surface area contributed by atoms with Gasteiger partial charge in [-0.15, -0.1) is 0 Å². The summed E-state index contributed by atoms with van der Waals surface area (Å²) in [5.41, 5.74) is 0.968. The van der Waals surface area contributed by atoms with Crippen LogP contribution >= 0.6 is 0 Å². The van der Waals surface area contributed by atoms with Crippen LogP contribution < -0.4 is 4.18 Å². The lowest BCUT2D eigenvalue weighted by Crippen LogP contribution is -2.47. The summed E-state index contributed by atoms with van der Waals surface area (Å²) in [5, 5.41) is 0. The standard InChI is InChI=1S/C18H24O12S3/c1-18-7-6-13-12-5-3-11(28-31(19,20)21)8-10(12)2-4-14(13)15(18)9-16(29-32(22,23)24)17(18)30-33(25,26)27/h3,5,8,13-17H,2,4,6-7,9H2,1H3,(H,19,20,21)(H,22,23,24)(H,25,26,27)/t13-,14-,15+,16-,17+,18+/m1/s1. The molecule has 3 aliphatic rings. The van der Waals surface area contributed by atoms with Crippen LogP contribution in [0.1, 0.15) is 49.7 Å². The Balaban J connectivity index is 1.66. The summed E-state index contributed by atoms with van der Waals surface area (Å²) in [5.74, 6) is -0.245. The van der Waals surface area contributed by atoms with E-state index >= 15 is 0 Å². The van der Waals surface area contributed by atoms with Gasteiger partial charge in [0.2, 0.25) is 0 Å². The predicted octanol–water partition coefficient (Wildman–Crippen LogP) is 1.71. The topological polar surface area (TPSA) is 191 Å². The molecule has 0 saturated heterocycles. The van der Waals surface area contributed by atoms with E-state index in [4.69, 9.17) is 12.9 Å². The van der Waals surface area contributed by atoms with Crippen molar-refractivity contribution in [1.29, 1.82) is 0 Å². The van der Waals surface area contributed by atoms with Crippen LogP contribution in [0.2, 0.25) is 0 Å². The largest absolute Gasteiger partial charge is 0.446 e. The Hall–Kier alpha value is -1.33. The van der Waals surface area contributed by atoms with Crippen LogP contribution in [-0.2, 0) is 46.0 Å². The third-order valence-electron chi connectivity index (χ3n) is 7.28. The maximum Gasteiger partial charge on any atom is 0.446 e. The average Bonchev–Trinajstić information content (AvgIpc) is 2.89. The minimum atomic E-state index is -4.92. The Bertz CT molecular complexity index is 1260. The van der Waals surface area contributed by atoms with Gasteiger partial charge >= 0.3 is 31.2 Å². The van der Waals surface area contributed by atoms with Gasteiger partial charge in [-0.25, -0.2) is 8.37 Å². The summed E-state index contributed by atoms with van der Waals surface area (Å²) in [6, 6.07) is 4.71. The molecule has 186 valence electrons. The second-order valence-electron chi connectivity index (χ2n) is 9.07. The van der Waals surface area contributed by atoms with Gasteiger partial charge in [-0.3, -0.25) is 13.7 Å². The highest BCUT2D eigenvalue weighted by Crippen LogP contribution is 2.62. The average molecular weight is 529 g/mol. The Morgan fingerprint density at radius 1 is 0.939 bits per heavy atom. The molecule has 0 bridgehead atoms. The van der Waals surface area contributed by atoms with E-state index in [1.807, 2.05) is 0 Å². The molecule has 2 fully saturated rings. The van der Waals surface area contributed by atoms with E-state index in [1.54, 1.807) is 19.1 Å². The normalized spacial score (nSPS) is 34.2. The molecule has 33 heavy (non-hydrogen) atoms. The van der Waals surface area contributed by atoms with Crippen molar-refractivity contribution in [1.82, 2.24) is 0 Å². The molecular formula is C18H24O12S3. The van der Waals surface area contributed by atoms with Gasteiger partial charge in [0.25, 0.3) is 0 Å². The highest BCUT2D eigenvalue weighted by atomic mass is 32.3. The van der Waals surface area contributed by atoms with Crippen molar-refractivity contribution in [2.24, 2.45) is 17.3 Å². The van der Waals surface area contributed by atoms with Gasteiger partial charge in [0.15, 0.2) is 0 Å². The number of hydrogen-bond donors (Lipinski definition) is 3. The predicted molar refractivity (Wildman–Crippen MR) is 111 cm³/mol. The van der Waals surface area contributed by atoms with Gasteiger partial charge < -0.3 is 4.18 Å². The summed E-state index contributed by atoms with van der Waals surface area (Å²) >= 11 is 0. The smallest absolute Gasteiger partial charge is 0.362 e. The van der Waals surface area contributed by atoms with E-state index < -0.39 is 48.8 Å². The van der Waals surface area contributed by atoms with Gasteiger partial charge in [-0.05, 0) is 73.1 Å². The van der Waals surface area contributed by atoms with E-state index in [2.05, 4.69) is 4.18 Å². The van der Waals surface area contributed by atoms with Crippen molar-refractivity contribution in [2.75, 3.05) is 0 Å². The molecule has 2 saturated carbocycles. The van der Waals surface area contributed by atoms with Crippen LogP contribution in [-0.4, -0.2) is 51.1 Å². The number of fused-ring (bicyclic) bond motifs is 5. The zero-order valence-corrected chi connectivity index (χ0v) is 19.8. The third kappa shape index (κ3) is 5.19. The van der Waals surface area contributed by atoms with Crippen molar-refractivity contribution in [3.05, 3.63) is 29.3 Å². The number of benzene rings is 1. The van der Waals surface area contributed by atoms with Gasteiger partial charge in [-0.1, -0.05) is 13.0 Å². The van der Waals surface area contributed by atoms with Crippen LogP contribution in [0, 0.1) is 17.3 Å². The summed E-state index contributed by atoms with van der Waals surface area (Å²) in [6.07, 6.45) is -0.337. The van der Waals surface area contributed by atoms with Gasteiger partial charge in [-0.2, -0.15) is 25.3 Å². The molecule has 0 spiro atoms. The summed E-state index contributed by atoms with van der Waals surface area (Å²) in [6.45, 7) is 1.76. The molecular weight excluding hydrogens is 504 g/mol. The van der Waals surface area contributed by atoms with Crippen molar-refractivity contribution < 1.29 is 51.5 Å². The molecule has 0 aliphatic heterocycles. The zero-order valence-electron chi connectivity index (χ0n) is 17.4. The van der Waals surface area contributed by atoms with Gasteiger partial charge in [0.05, 0.1) is 0 Å². The Kier molecular flexibility index (Phi) is 6.10. The third-order valence-corrected chi connectivity index (χ3v) is 8.63. The lowest BCUT2D eigenvalue weighted by molar-refractivity contribution is -0.0328. The maximum absolute atomic E-state index is 11.5. The van der Waals surface area contributed by atoms with E-state index in [9.17, 15) is 34.4 Å². The second-order valence-corrected chi connectivity index (χ2v) is 12.2. The number of aryl methyl sites for hydroxylation is 1. The lowest BCUT2D eigenvalue weighted by Gasteiger charge is -2.50. The van der Waals surface area contributed by atoms with Crippen LogP contribution in [0.3, 0.4) is 0 Å². The molecule has 0 amide bonds. The molecule has 0 heterocycles. The van der Waals surface area contributed by atoms with Gasteiger partial charge in [0.1, 0.15) is 18.0 Å². The first-order valence-electron chi connectivity index (χ1n) is 10.2. The molecule has 3 aliphatic carbocycles. The number of rotatable bonds is 6. The van der Waals surface area contributed by atoms with Crippen LogP contribution in [0.5, 0.6) is 5.75 Å². The molecule has 6 atom stereocenters. The fourth-order valence-electron chi connectivity index (χ4n) is 6.22. The van der Waals surface area contributed by atoms with Crippen LogP contribution in [0.15, 0.2) is 18.2 Å². The van der Waals surface area contributed by atoms with E-state index in [0.717, 1.165) is 11.1 Å². The maximum atomic E-state index is 11.5. The number of hydrogen-bond acceptors (Lipinski definition) is 9. The van der Waals surface area contributed by atoms with Crippen molar-refractivity contribution in [3.63, 3.8) is 0 Å². The van der Waals surface area contributed by atoms with Crippen LogP contribution in [0.4, 0.5) is 0 Å². The molecule has 3 N–H and O–H groups in total. The molecule has 4 rings (SSSR count). The fourth-order valence-corrected chi connectivity index (χ4v) is 7.67. The fraction of sp³-hybridized carbons (Fsp3) is 0.667. The van der Waals surface area contributed by atoms with E-state index in [-0.39, 0.29) is 29.9 Å². The Morgan fingerprint density at radius 3 is 2.21 bits per heavy atom. The zero-order chi connectivity index (χ0) is 24.4. The second kappa shape index (κ2) is 8.12. The Labute approximate surface area is 192 Å². The molecule has 0 radical (unpaired) electrons. The highest BCUT2D eigenvalue weighted by Gasteiger charge is 2.61.